The van der Waals surface area contributed by atoms with Crippen LogP contribution in [0.2, 0.25) is 0 Å². The van der Waals surface area contributed by atoms with Crippen LogP contribution in [-0.2, 0) is 27.5 Å². The number of hydrogen-bond acceptors (Lipinski definition) is 9. The lowest BCUT2D eigenvalue weighted by molar-refractivity contribution is -0.147. The van der Waals surface area contributed by atoms with Gasteiger partial charge in [0.25, 0.3) is 5.91 Å². The van der Waals surface area contributed by atoms with Crippen molar-refractivity contribution in [3.8, 4) is 17.1 Å². The fourth-order valence-electron chi connectivity index (χ4n) is 3.10. The van der Waals surface area contributed by atoms with Crippen LogP contribution in [0, 0.1) is 6.92 Å². The number of carbonyl (C=O) groups excluding carboxylic acids is 2. The molecule has 0 bridgehead atoms. The van der Waals surface area contributed by atoms with Crippen molar-refractivity contribution in [3.05, 3.63) is 53.3 Å². The third-order valence-corrected chi connectivity index (χ3v) is 4.81. The van der Waals surface area contributed by atoms with Crippen molar-refractivity contribution in [2.24, 2.45) is 0 Å². The number of aliphatic carboxylic acids is 2. The van der Waals surface area contributed by atoms with Gasteiger partial charge in [0.2, 0.25) is 11.7 Å². The van der Waals surface area contributed by atoms with Gasteiger partial charge in [0.15, 0.2) is 0 Å². The van der Waals surface area contributed by atoms with E-state index in [2.05, 4.69) is 31.0 Å². The smallest absolute Gasteiger partial charge is 0.326 e. The zero-order valence-corrected chi connectivity index (χ0v) is 19.3. The van der Waals surface area contributed by atoms with Crippen LogP contribution in [0.25, 0.3) is 11.4 Å². The molecule has 1 unspecified atom stereocenters. The number of nitrogens with zero attached hydrogens (tertiary/aromatic N) is 5. The van der Waals surface area contributed by atoms with Gasteiger partial charge in [-0.05, 0) is 42.0 Å². The van der Waals surface area contributed by atoms with Crippen LogP contribution in [-0.4, -0.2) is 72.3 Å². The highest BCUT2D eigenvalue weighted by Gasteiger charge is 2.23. The molecule has 0 fully saturated rings. The second-order valence-electron chi connectivity index (χ2n) is 7.61. The Labute approximate surface area is 204 Å². The van der Waals surface area contributed by atoms with Gasteiger partial charge in [-0.1, -0.05) is 12.1 Å². The number of nitrogens with one attached hydrogen (secondary N) is 2. The molecule has 2 amide bonds. The van der Waals surface area contributed by atoms with Crippen LogP contribution >= 0.6 is 0 Å². The molecule has 14 heteroatoms. The molecule has 0 radical (unpaired) electrons. The first-order valence-electron chi connectivity index (χ1n) is 10.6. The number of tetrazole rings is 1. The topological polar surface area (TPSA) is 199 Å². The van der Waals surface area contributed by atoms with E-state index in [1.165, 1.54) is 6.07 Å². The Morgan fingerprint density at radius 1 is 1.11 bits per heavy atom. The molecule has 14 nitrogen and oxygen atoms in total. The van der Waals surface area contributed by atoms with Gasteiger partial charge in [-0.2, -0.15) is 4.80 Å². The van der Waals surface area contributed by atoms with Crippen LogP contribution in [0.3, 0.4) is 0 Å². The van der Waals surface area contributed by atoms with Gasteiger partial charge in [-0.3, -0.25) is 14.4 Å². The summed E-state index contributed by atoms with van der Waals surface area (Å²) in [6.07, 6.45) is -0.781. The van der Waals surface area contributed by atoms with Crippen molar-refractivity contribution in [2.45, 2.75) is 32.5 Å². The number of carboxylic acids is 2. The quantitative estimate of drug-likeness (QED) is 0.278. The second-order valence-corrected chi connectivity index (χ2v) is 7.61. The summed E-state index contributed by atoms with van der Waals surface area (Å²) >= 11 is 0. The summed E-state index contributed by atoms with van der Waals surface area (Å²) in [6, 6.07) is 8.74. The standard InChI is InChI=1S/C22H23N7O7/c1-12-7-14(8-16(24-12)21(33)23-10-13-3-5-15(36-2)6-4-13)20-26-28-29(27-20)11-18(30)25-17(22(34)35)9-19(31)32/h3-8,17H,9-11H2,1-2H3,(H,23,33)(H,25,30)(H,31,32)(H,34,35). The van der Waals surface area contributed by atoms with Crippen molar-refractivity contribution in [2.75, 3.05) is 7.11 Å². The molecule has 0 aliphatic heterocycles. The second kappa shape index (κ2) is 11.5. The number of methoxy groups -OCH3 is 1. The molecule has 1 aromatic carbocycles. The SMILES string of the molecule is COc1ccc(CNC(=O)c2cc(-c3nnn(CC(=O)NC(CC(=O)O)C(=O)O)n3)cc(C)n2)cc1. The molecular formula is C22H23N7O7. The van der Waals surface area contributed by atoms with Gasteiger partial charge in [0.05, 0.1) is 13.5 Å². The van der Waals surface area contributed by atoms with Crippen LogP contribution in [0.1, 0.15) is 28.2 Å². The lowest BCUT2D eigenvalue weighted by atomic mass is 10.1. The zero-order chi connectivity index (χ0) is 26.2. The average Bonchev–Trinajstić information content (AvgIpc) is 3.30. The number of hydrogen-bond donors (Lipinski definition) is 4. The monoisotopic (exact) mass is 497 g/mol. The van der Waals surface area contributed by atoms with Crippen molar-refractivity contribution in [1.29, 1.82) is 0 Å². The number of carbonyl (C=O) groups is 4. The molecule has 0 spiro atoms. The van der Waals surface area contributed by atoms with E-state index >= 15 is 0 Å². The van der Waals surface area contributed by atoms with Crippen molar-refractivity contribution in [1.82, 2.24) is 35.8 Å². The van der Waals surface area contributed by atoms with E-state index in [4.69, 9.17) is 14.9 Å². The molecule has 1 atom stereocenters. The highest BCUT2D eigenvalue weighted by Crippen LogP contribution is 2.17. The highest BCUT2D eigenvalue weighted by atomic mass is 16.5. The van der Waals surface area contributed by atoms with Crippen molar-refractivity contribution < 1.29 is 34.1 Å². The molecule has 2 aromatic heterocycles. The Kier molecular flexibility index (Phi) is 8.22. The summed E-state index contributed by atoms with van der Waals surface area (Å²) in [5.74, 6) is -3.27. The van der Waals surface area contributed by atoms with Gasteiger partial charge >= 0.3 is 11.9 Å². The van der Waals surface area contributed by atoms with E-state index in [9.17, 15) is 19.2 Å². The molecule has 188 valence electrons. The number of aromatic nitrogens is 5. The van der Waals surface area contributed by atoms with Gasteiger partial charge in [-0.15, -0.1) is 10.2 Å². The Balaban J connectivity index is 1.66. The summed E-state index contributed by atoms with van der Waals surface area (Å²) in [5, 5.41) is 34.4. The Morgan fingerprint density at radius 2 is 1.83 bits per heavy atom. The molecular weight excluding hydrogens is 474 g/mol. The lowest BCUT2D eigenvalue weighted by Crippen LogP contribution is -2.43. The van der Waals surface area contributed by atoms with Crippen LogP contribution in [0.15, 0.2) is 36.4 Å². The summed E-state index contributed by atoms with van der Waals surface area (Å²) in [5.41, 5.74) is 1.95. The number of carboxylic acid groups (broad SMARTS) is 2. The van der Waals surface area contributed by atoms with Gasteiger partial charge in [-0.25, -0.2) is 9.78 Å². The molecule has 3 rings (SSSR count). The Hall–Kier alpha value is -4.88. The molecule has 3 aromatic rings. The molecule has 4 N–H and O–H groups in total. The van der Waals surface area contributed by atoms with Gasteiger partial charge in [0.1, 0.15) is 24.0 Å². The van der Waals surface area contributed by atoms with Crippen molar-refractivity contribution in [3.63, 3.8) is 0 Å². The summed E-state index contributed by atoms with van der Waals surface area (Å²) in [4.78, 5) is 51.8. The number of aryl methyl sites for hydroxylation is 1. The predicted octanol–water partition coefficient (Wildman–Crippen LogP) is 0.0262. The molecule has 0 saturated carbocycles. The third-order valence-electron chi connectivity index (χ3n) is 4.81. The Morgan fingerprint density at radius 3 is 2.47 bits per heavy atom. The predicted molar refractivity (Wildman–Crippen MR) is 122 cm³/mol. The molecule has 2 heterocycles. The van der Waals surface area contributed by atoms with E-state index in [0.717, 1.165) is 10.4 Å². The average molecular weight is 497 g/mol. The molecule has 0 aliphatic rings. The minimum absolute atomic E-state index is 0.109. The zero-order valence-electron chi connectivity index (χ0n) is 19.3. The summed E-state index contributed by atoms with van der Waals surface area (Å²) < 4.78 is 5.11. The van der Waals surface area contributed by atoms with Crippen LogP contribution in [0.5, 0.6) is 5.75 Å². The number of rotatable bonds is 11. The lowest BCUT2D eigenvalue weighted by Gasteiger charge is -2.11. The summed E-state index contributed by atoms with van der Waals surface area (Å²) in [7, 11) is 1.57. The van der Waals surface area contributed by atoms with E-state index in [1.807, 2.05) is 12.1 Å². The normalized spacial score (nSPS) is 11.4. The maximum Gasteiger partial charge on any atom is 0.326 e. The number of amides is 2. The van der Waals surface area contributed by atoms with Crippen LogP contribution < -0.4 is 15.4 Å². The minimum atomic E-state index is -1.60. The number of benzene rings is 1. The van der Waals surface area contributed by atoms with E-state index < -0.39 is 42.8 Å². The fraction of sp³-hybridized carbons (Fsp3) is 0.273. The van der Waals surface area contributed by atoms with Crippen molar-refractivity contribution >= 4 is 23.8 Å². The first-order chi connectivity index (χ1) is 17.1. The largest absolute Gasteiger partial charge is 0.497 e. The first-order valence-corrected chi connectivity index (χ1v) is 10.6. The molecule has 0 aliphatic carbocycles. The van der Waals surface area contributed by atoms with E-state index in [0.29, 0.717) is 17.0 Å². The van der Waals surface area contributed by atoms with Crippen LogP contribution in [0.4, 0.5) is 0 Å². The summed E-state index contributed by atoms with van der Waals surface area (Å²) in [6.45, 7) is 1.47. The van der Waals surface area contributed by atoms with Gasteiger partial charge < -0.3 is 25.6 Å². The van der Waals surface area contributed by atoms with E-state index in [1.54, 1.807) is 32.2 Å². The molecule has 0 saturated heterocycles. The Bertz CT molecular complexity index is 1270. The third kappa shape index (κ3) is 7.06. The maximum absolute atomic E-state index is 12.7. The number of pyridine rings is 1. The fourth-order valence-corrected chi connectivity index (χ4v) is 3.10. The van der Waals surface area contributed by atoms with Gasteiger partial charge in [0, 0.05) is 17.8 Å². The minimum Gasteiger partial charge on any atom is -0.497 e. The first kappa shape index (κ1) is 25.7. The molecule has 36 heavy (non-hydrogen) atoms. The maximum atomic E-state index is 12.7. The highest BCUT2D eigenvalue weighted by molar-refractivity contribution is 5.93. The number of ether oxygens (including phenoxy) is 1. The van der Waals surface area contributed by atoms with E-state index in [-0.39, 0.29) is 18.1 Å².